The molecule has 0 aliphatic rings. The largest absolute Gasteiger partial charge is 0.490 e. The number of rotatable bonds is 2. The van der Waals surface area contributed by atoms with Gasteiger partial charge in [0.25, 0.3) is 0 Å². The maximum Gasteiger partial charge on any atom is 0.490 e. The molecule has 12 heavy (non-hydrogen) atoms. The Morgan fingerprint density at radius 3 is 2.50 bits per heavy atom. The van der Waals surface area contributed by atoms with Crippen molar-refractivity contribution in [2.75, 3.05) is 0 Å². The zero-order chi connectivity index (χ0) is 8.27. The highest BCUT2D eigenvalue weighted by Gasteiger charge is 2.10. The number of halogens is 1. The molecule has 0 amide bonds. The average molecular weight is 189 g/mol. The van der Waals surface area contributed by atoms with Gasteiger partial charge in [0, 0.05) is 17.9 Å². The molecular formula is C6H9BClNO3. The Morgan fingerprint density at radius 1 is 1.33 bits per heavy atom. The first-order chi connectivity index (χ1) is 5.24. The second kappa shape index (κ2) is 5.11. The lowest BCUT2D eigenvalue weighted by Gasteiger charge is -1.99. The predicted octanol–water partition coefficient (Wildman–Crippen LogP) is -1.32. The fraction of sp³-hybridized carbons (Fsp3) is 0.167. The quantitative estimate of drug-likeness (QED) is 0.504. The number of hydrogen-bond acceptors (Lipinski definition) is 4. The molecule has 0 fully saturated rings. The summed E-state index contributed by atoms with van der Waals surface area (Å²) in [6.07, 6.45) is 2.80. The molecule has 0 spiro atoms. The van der Waals surface area contributed by atoms with Crippen LogP contribution >= 0.6 is 12.4 Å². The number of aromatic nitrogens is 1. The van der Waals surface area contributed by atoms with Crippen LogP contribution in [0.15, 0.2) is 18.5 Å². The Bertz CT molecular complexity index is 246. The molecule has 0 aliphatic heterocycles. The third kappa shape index (κ3) is 2.79. The van der Waals surface area contributed by atoms with Crippen LogP contribution in [0.1, 0.15) is 5.56 Å². The smallest absolute Gasteiger partial charge is 0.423 e. The van der Waals surface area contributed by atoms with Crippen molar-refractivity contribution in [1.82, 2.24) is 4.98 Å². The zero-order valence-electron chi connectivity index (χ0n) is 6.21. The van der Waals surface area contributed by atoms with Crippen LogP contribution in [-0.4, -0.2) is 27.3 Å². The second-order valence-corrected chi connectivity index (χ2v) is 2.16. The molecule has 6 heteroatoms. The van der Waals surface area contributed by atoms with Crippen molar-refractivity contribution in [3.05, 3.63) is 24.0 Å². The molecule has 1 heterocycles. The van der Waals surface area contributed by atoms with Crippen molar-refractivity contribution >= 4 is 25.0 Å². The molecule has 0 aliphatic carbocycles. The van der Waals surface area contributed by atoms with Crippen molar-refractivity contribution in [3.8, 4) is 0 Å². The molecule has 66 valence electrons. The minimum atomic E-state index is -1.52. The Kier molecular flexibility index (Phi) is 4.84. The van der Waals surface area contributed by atoms with E-state index in [-0.39, 0.29) is 24.5 Å². The maximum atomic E-state index is 8.68. The molecule has 0 bridgehead atoms. The second-order valence-electron chi connectivity index (χ2n) is 2.16. The van der Waals surface area contributed by atoms with E-state index >= 15 is 0 Å². The fourth-order valence-electron chi connectivity index (χ4n) is 0.735. The summed E-state index contributed by atoms with van der Waals surface area (Å²) >= 11 is 0. The van der Waals surface area contributed by atoms with Gasteiger partial charge in [0.1, 0.15) is 0 Å². The summed E-state index contributed by atoms with van der Waals surface area (Å²) in [5, 5.41) is 26.0. The van der Waals surface area contributed by atoms with Crippen LogP contribution in [0.3, 0.4) is 0 Å². The van der Waals surface area contributed by atoms with Gasteiger partial charge in [-0.1, -0.05) is 6.07 Å². The molecule has 1 aromatic rings. The first kappa shape index (κ1) is 11.4. The van der Waals surface area contributed by atoms with Crippen molar-refractivity contribution in [2.45, 2.75) is 6.61 Å². The Labute approximate surface area is 76.4 Å². The van der Waals surface area contributed by atoms with Crippen molar-refractivity contribution in [2.24, 2.45) is 0 Å². The number of pyridine rings is 1. The monoisotopic (exact) mass is 189 g/mol. The van der Waals surface area contributed by atoms with Crippen LogP contribution in [0.25, 0.3) is 0 Å². The van der Waals surface area contributed by atoms with E-state index in [2.05, 4.69) is 4.98 Å². The van der Waals surface area contributed by atoms with Crippen LogP contribution < -0.4 is 5.46 Å². The first-order valence-electron chi connectivity index (χ1n) is 3.15. The molecule has 0 radical (unpaired) electrons. The van der Waals surface area contributed by atoms with Gasteiger partial charge < -0.3 is 15.2 Å². The lowest BCUT2D eigenvalue weighted by atomic mass is 9.81. The van der Waals surface area contributed by atoms with Gasteiger partial charge in [-0.15, -0.1) is 12.4 Å². The molecule has 0 saturated heterocycles. The summed E-state index contributed by atoms with van der Waals surface area (Å²) in [4.78, 5) is 3.70. The maximum absolute atomic E-state index is 8.68. The average Bonchev–Trinajstić information content (AvgIpc) is 2.05. The lowest BCUT2D eigenvalue weighted by molar-refractivity contribution is 0.281. The van der Waals surface area contributed by atoms with Gasteiger partial charge in [0.15, 0.2) is 0 Å². The van der Waals surface area contributed by atoms with Crippen molar-refractivity contribution < 1.29 is 15.2 Å². The Balaban J connectivity index is 0.00000121. The van der Waals surface area contributed by atoms with Crippen LogP contribution in [0.4, 0.5) is 0 Å². The highest BCUT2D eigenvalue weighted by Crippen LogP contribution is 1.92. The molecule has 0 atom stereocenters. The fourth-order valence-corrected chi connectivity index (χ4v) is 0.735. The van der Waals surface area contributed by atoms with E-state index in [4.69, 9.17) is 15.2 Å². The van der Waals surface area contributed by atoms with E-state index in [0.717, 1.165) is 0 Å². The van der Waals surface area contributed by atoms with Crippen LogP contribution in [0.5, 0.6) is 0 Å². The van der Waals surface area contributed by atoms with E-state index in [0.29, 0.717) is 5.56 Å². The molecule has 0 unspecified atom stereocenters. The van der Waals surface area contributed by atoms with Crippen LogP contribution in [-0.2, 0) is 6.61 Å². The van der Waals surface area contributed by atoms with Crippen LogP contribution in [0.2, 0.25) is 0 Å². The summed E-state index contributed by atoms with van der Waals surface area (Å²) in [6.45, 7) is -0.145. The van der Waals surface area contributed by atoms with Gasteiger partial charge in [-0.2, -0.15) is 0 Å². The standard InChI is InChI=1S/C6H8BNO3.ClH/c9-4-5-1-6(7(10)11)3-8-2-5;/h1-3,9-11H,4H2;1H. The minimum absolute atomic E-state index is 0. The van der Waals surface area contributed by atoms with Crippen molar-refractivity contribution in [1.29, 1.82) is 0 Å². The zero-order valence-corrected chi connectivity index (χ0v) is 7.03. The third-order valence-electron chi connectivity index (χ3n) is 1.30. The Morgan fingerprint density at radius 2 is 2.00 bits per heavy atom. The number of aliphatic hydroxyl groups is 1. The molecule has 0 saturated carbocycles. The number of nitrogens with zero attached hydrogens (tertiary/aromatic N) is 1. The topological polar surface area (TPSA) is 73.6 Å². The SMILES string of the molecule is Cl.OCc1cncc(B(O)O)c1. The van der Waals surface area contributed by atoms with E-state index in [1.165, 1.54) is 18.5 Å². The van der Waals surface area contributed by atoms with E-state index in [1.54, 1.807) is 0 Å². The molecule has 3 N–H and O–H groups in total. The summed E-state index contributed by atoms with van der Waals surface area (Å²) in [5.74, 6) is 0. The molecule has 1 aromatic heterocycles. The van der Waals surface area contributed by atoms with Gasteiger partial charge in [-0.05, 0) is 5.56 Å². The minimum Gasteiger partial charge on any atom is -0.423 e. The number of hydrogen-bond donors (Lipinski definition) is 3. The Hall–Kier alpha value is -0.615. The lowest BCUT2D eigenvalue weighted by Crippen LogP contribution is -2.30. The summed E-state index contributed by atoms with van der Waals surface area (Å²) in [7, 11) is -1.52. The highest BCUT2D eigenvalue weighted by atomic mass is 35.5. The third-order valence-corrected chi connectivity index (χ3v) is 1.30. The van der Waals surface area contributed by atoms with E-state index in [9.17, 15) is 0 Å². The van der Waals surface area contributed by atoms with Gasteiger partial charge in [0.05, 0.1) is 6.61 Å². The normalized spacial score (nSPS) is 8.92. The predicted molar refractivity (Wildman–Crippen MR) is 47.2 cm³/mol. The highest BCUT2D eigenvalue weighted by molar-refractivity contribution is 6.58. The van der Waals surface area contributed by atoms with E-state index in [1.807, 2.05) is 0 Å². The molecule has 0 aromatic carbocycles. The molecular weight excluding hydrogens is 180 g/mol. The summed E-state index contributed by atoms with van der Waals surface area (Å²) in [6, 6.07) is 1.48. The van der Waals surface area contributed by atoms with E-state index < -0.39 is 7.12 Å². The van der Waals surface area contributed by atoms with Gasteiger partial charge >= 0.3 is 7.12 Å². The first-order valence-corrected chi connectivity index (χ1v) is 3.15. The summed E-state index contributed by atoms with van der Waals surface area (Å²) < 4.78 is 0. The van der Waals surface area contributed by atoms with Gasteiger partial charge in [-0.25, -0.2) is 0 Å². The molecule has 4 nitrogen and oxygen atoms in total. The van der Waals surface area contributed by atoms with Crippen molar-refractivity contribution in [3.63, 3.8) is 0 Å². The van der Waals surface area contributed by atoms with Gasteiger partial charge in [-0.3, -0.25) is 4.98 Å². The number of aliphatic hydroxyl groups excluding tert-OH is 1. The summed E-state index contributed by atoms with van der Waals surface area (Å²) in [5.41, 5.74) is 0.854. The van der Waals surface area contributed by atoms with Gasteiger partial charge in [0.2, 0.25) is 0 Å². The molecule has 1 rings (SSSR count). The van der Waals surface area contributed by atoms with Crippen LogP contribution in [0, 0.1) is 0 Å².